The van der Waals surface area contributed by atoms with Crippen LogP contribution < -0.4 is 0 Å². The van der Waals surface area contributed by atoms with Crippen molar-refractivity contribution >= 4 is 7.26 Å². The minimum Gasteiger partial charge on any atom is -0.125 e. The van der Waals surface area contributed by atoms with E-state index in [1.54, 1.807) is 24.6 Å². The summed E-state index contributed by atoms with van der Waals surface area (Å²) < 4.78 is 0. The van der Waals surface area contributed by atoms with Crippen molar-refractivity contribution in [3.05, 3.63) is 0 Å². The highest BCUT2D eigenvalue weighted by atomic mass is 31.2. The van der Waals surface area contributed by atoms with Crippen LogP contribution in [0.1, 0.15) is 86.5 Å². The Hall–Kier alpha value is 0.430. The summed E-state index contributed by atoms with van der Waals surface area (Å²) in [5.74, 6) is 0. The fraction of sp³-hybridized carbons (Fsp3) is 1.00. The first-order chi connectivity index (χ1) is 8.24. The molecule has 0 N–H and O–H groups in total. The fourth-order valence-corrected chi connectivity index (χ4v) is 7.93. The largest absolute Gasteiger partial charge is 0.125 e. The highest BCUT2D eigenvalue weighted by Crippen LogP contribution is 2.61. The predicted molar refractivity (Wildman–Crippen MR) is 92.8 cm³/mol. The predicted octanol–water partition coefficient (Wildman–Crippen LogP) is 6.84. The Morgan fingerprint density at radius 3 is 0.889 bits per heavy atom. The molecule has 0 fully saturated rings. The number of rotatable bonds is 12. The molecule has 0 aromatic carbocycles. The van der Waals surface area contributed by atoms with Crippen molar-refractivity contribution in [2.45, 2.75) is 86.5 Å². The van der Waals surface area contributed by atoms with E-state index in [4.69, 9.17) is 0 Å². The fourth-order valence-electron chi connectivity index (χ4n) is 2.64. The van der Waals surface area contributed by atoms with E-state index >= 15 is 0 Å². The Morgan fingerprint density at radius 1 is 0.500 bits per heavy atom. The molecule has 0 aliphatic heterocycles. The summed E-state index contributed by atoms with van der Waals surface area (Å²) in [4.78, 5) is 0. The maximum absolute atomic E-state index is 2.36. The molecule has 0 aliphatic rings. The molecule has 0 aliphatic carbocycles. The zero-order valence-electron chi connectivity index (χ0n) is 12.9. The molecule has 0 nitrogen and oxygen atoms in total. The van der Waals surface area contributed by atoms with Crippen molar-refractivity contribution in [2.24, 2.45) is 0 Å². The van der Waals surface area contributed by atoms with Gasteiger partial charge in [0.2, 0.25) is 0 Å². The van der Waals surface area contributed by atoms with Gasteiger partial charge in [-0.3, -0.25) is 0 Å². The van der Waals surface area contributed by atoms with Crippen LogP contribution in [0.2, 0.25) is 0 Å². The summed E-state index contributed by atoms with van der Waals surface area (Å²) >= 11 is 0. The molecule has 0 unspecified atom stereocenters. The van der Waals surface area contributed by atoms with Gasteiger partial charge < -0.3 is 0 Å². The molecule has 0 aromatic heterocycles. The van der Waals surface area contributed by atoms with E-state index in [2.05, 4.69) is 27.7 Å². The van der Waals surface area contributed by atoms with Gasteiger partial charge in [0.05, 0.1) is 0 Å². The quantitative estimate of drug-likeness (QED) is 0.342. The van der Waals surface area contributed by atoms with Gasteiger partial charge in [0, 0.05) is 0 Å². The number of hydrogen-bond acceptors (Lipinski definition) is 0. The smallest absolute Gasteiger partial charge is 0.0359 e. The molecular formula is C17H40P. The van der Waals surface area contributed by atoms with Crippen LogP contribution in [-0.4, -0.2) is 24.6 Å². The van der Waals surface area contributed by atoms with Crippen molar-refractivity contribution in [3.8, 4) is 0 Å². The van der Waals surface area contributed by atoms with E-state index in [1.807, 2.05) is 0 Å². The van der Waals surface area contributed by atoms with Crippen LogP contribution >= 0.6 is 7.26 Å². The third-order valence-corrected chi connectivity index (χ3v) is 9.00. The summed E-state index contributed by atoms with van der Waals surface area (Å²) in [7, 11) is -0.562. The summed E-state index contributed by atoms with van der Waals surface area (Å²) in [6.45, 7) is 9.42. The molecule has 1 radical (unpaired) electrons. The summed E-state index contributed by atoms with van der Waals surface area (Å²) in [5, 5.41) is 0. The average molecular weight is 275 g/mol. The Balaban J connectivity index is 0. The Kier molecular flexibility index (Phi) is 16.0. The second kappa shape index (κ2) is 13.9. The van der Waals surface area contributed by atoms with Gasteiger partial charge in [-0.2, -0.15) is 0 Å². The van der Waals surface area contributed by atoms with E-state index in [0.29, 0.717) is 0 Å². The van der Waals surface area contributed by atoms with Crippen LogP contribution in [0.3, 0.4) is 0 Å². The van der Waals surface area contributed by atoms with Crippen LogP contribution in [0.25, 0.3) is 0 Å². The van der Waals surface area contributed by atoms with Crippen molar-refractivity contribution in [1.29, 1.82) is 0 Å². The lowest BCUT2D eigenvalue weighted by atomic mass is 10.4. The molecule has 0 rings (SSSR count). The van der Waals surface area contributed by atoms with E-state index in [1.165, 1.54) is 51.4 Å². The van der Waals surface area contributed by atoms with Crippen LogP contribution in [0.5, 0.6) is 0 Å². The third-order valence-electron chi connectivity index (χ3n) is 3.94. The summed E-state index contributed by atoms with van der Waals surface area (Å²) in [6.07, 6.45) is 17.9. The van der Waals surface area contributed by atoms with Crippen LogP contribution in [-0.2, 0) is 0 Å². The van der Waals surface area contributed by atoms with E-state index < -0.39 is 7.26 Å². The third kappa shape index (κ3) is 9.37. The summed E-state index contributed by atoms with van der Waals surface area (Å²) in [6, 6.07) is 0. The topological polar surface area (TPSA) is 0 Å². The molecule has 0 amide bonds. The Bertz CT molecular complexity index is 116. The van der Waals surface area contributed by atoms with Gasteiger partial charge in [0.1, 0.15) is 0 Å². The monoisotopic (exact) mass is 275 g/mol. The van der Waals surface area contributed by atoms with Crippen molar-refractivity contribution in [1.82, 2.24) is 0 Å². The maximum Gasteiger partial charge on any atom is -0.0359 e. The number of hydrogen-bond donors (Lipinski definition) is 0. The molecule has 0 saturated carbocycles. The lowest BCUT2D eigenvalue weighted by Gasteiger charge is -2.37. The van der Waals surface area contributed by atoms with E-state index in [9.17, 15) is 0 Å². The van der Waals surface area contributed by atoms with Crippen LogP contribution in [0.15, 0.2) is 0 Å². The first-order valence-corrected chi connectivity index (χ1v) is 10.6. The molecule has 0 bridgehead atoms. The van der Waals surface area contributed by atoms with Gasteiger partial charge in [-0.25, -0.2) is 0 Å². The number of unbranched alkanes of at least 4 members (excludes halogenated alkanes) is 4. The van der Waals surface area contributed by atoms with Crippen LogP contribution in [0.4, 0.5) is 0 Å². The Morgan fingerprint density at radius 2 is 0.722 bits per heavy atom. The molecule has 113 valence electrons. The second-order valence-electron chi connectivity index (χ2n) is 5.65. The minimum absolute atomic E-state index is 0. The van der Waals surface area contributed by atoms with E-state index in [0.717, 1.165) is 0 Å². The van der Waals surface area contributed by atoms with Gasteiger partial charge in [-0.15, -0.1) is 7.26 Å². The standard InChI is InChI=1S/C16H36P.CH4/c1-5-9-13-17(14-10-6-2,15-11-7-3)16-12-8-4;/h5-16H2,1-4H3;1H4. The molecule has 0 spiro atoms. The first kappa shape index (κ1) is 20.7. The minimum atomic E-state index is -0.562. The van der Waals surface area contributed by atoms with Crippen molar-refractivity contribution in [3.63, 3.8) is 0 Å². The SMILES string of the molecule is C.CCCC[P](CCCC)(CCCC)CCCC. The van der Waals surface area contributed by atoms with Gasteiger partial charge >= 0.3 is 0 Å². The highest BCUT2D eigenvalue weighted by molar-refractivity contribution is 7.75. The van der Waals surface area contributed by atoms with Crippen LogP contribution in [0, 0.1) is 0 Å². The zero-order chi connectivity index (χ0) is 13.0. The van der Waals surface area contributed by atoms with Crippen molar-refractivity contribution in [2.75, 3.05) is 24.6 Å². The molecule has 1 heteroatoms. The average Bonchev–Trinajstić information content (AvgIpc) is 2.37. The zero-order valence-corrected chi connectivity index (χ0v) is 13.8. The molecular weight excluding hydrogens is 235 g/mol. The maximum atomic E-state index is 2.36. The Labute approximate surface area is 119 Å². The molecule has 0 aromatic rings. The van der Waals surface area contributed by atoms with Gasteiger partial charge in [0.15, 0.2) is 0 Å². The molecule has 18 heavy (non-hydrogen) atoms. The molecule has 0 atom stereocenters. The lowest BCUT2D eigenvalue weighted by molar-refractivity contribution is 0.814. The van der Waals surface area contributed by atoms with Gasteiger partial charge in [0.25, 0.3) is 0 Å². The summed E-state index contributed by atoms with van der Waals surface area (Å²) in [5.41, 5.74) is 0. The molecule has 0 saturated heterocycles. The van der Waals surface area contributed by atoms with Gasteiger partial charge in [-0.1, -0.05) is 60.8 Å². The lowest BCUT2D eigenvalue weighted by Crippen LogP contribution is -2.12. The normalized spacial score (nSPS) is 11.3. The first-order valence-electron chi connectivity index (χ1n) is 8.09. The molecule has 0 heterocycles. The van der Waals surface area contributed by atoms with E-state index in [-0.39, 0.29) is 7.43 Å². The second-order valence-corrected chi connectivity index (χ2v) is 10.1. The van der Waals surface area contributed by atoms with Gasteiger partial charge in [-0.05, 0) is 50.3 Å². The van der Waals surface area contributed by atoms with Crippen molar-refractivity contribution < 1.29 is 0 Å². The highest BCUT2D eigenvalue weighted by Gasteiger charge is 2.24.